The Balaban J connectivity index is 2.59. The minimum absolute atomic E-state index is 0.145. The van der Waals surface area contributed by atoms with E-state index in [4.69, 9.17) is 4.74 Å². The van der Waals surface area contributed by atoms with Crippen LogP contribution in [0.5, 0.6) is 0 Å². The van der Waals surface area contributed by atoms with Gasteiger partial charge in [0.25, 0.3) is 5.91 Å². The third-order valence-corrected chi connectivity index (χ3v) is 3.35. The van der Waals surface area contributed by atoms with Crippen LogP contribution in [0.15, 0.2) is 24.3 Å². The molecule has 0 bridgehead atoms. The first-order valence-electron chi connectivity index (χ1n) is 8.16. The minimum Gasteiger partial charge on any atom is -0.444 e. The van der Waals surface area contributed by atoms with E-state index >= 15 is 0 Å². The molecule has 0 spiro atoms. The summed E-state index contributed by atoms with van der Waals surface area (Å²) >= 11 is 0. The molecular weight excluding hydrogens is 324 g/mol. The highest BCUT2D eigenvalue weighted by Gasteiger charge is 2.21. The molecular formula is C18H28N2O5. The number of benzene rings is 1. The third-order valence-electron chi connectivity index (χ3n) is 3.35. The average Bonchev–Trinajstić information content (AvgIpc) is 2.51. The maximum Gasteiger partial charge on any atom is 0.407 e. The molecule has 0 saturated carbocycles. The fourth-order valence-corrected chi connectivity index (χ4v) is 2.13. The van der Waals surface area contributed by atoms with Crippen LogP contribution in [0.25, 0.3) is 0 Å². The molecule has 3 N–H and O–H groups in total. The van der Waals surface area contributed by atoms with Gasteiger partial charge in [-0.3, -0.25) is 4.79 Å². The summed E-state index contributed by atoms with van der Waals surface area (Å²) in [6.07, 6.45) is -2.67. The summed E-state index contributed by atoms with van der Waals surface area (Å²) < 4.78 is 5.09. The summed E-state index contributed by atoms with van der Waals surface area (Å²) in [5.41, 5.74) is 0.278. The normalized spacial score (nSPS) is 13.7. The number of amides is 2. The van der Waals surface area contributed by atoms with Gasteiger partial charge in [0, 0.05) is 26.2 Å². The van der Waals surface area contributed by atoms with Gasteiger partial charge in [-0.2, -0.15) is 0 Å². The van der Waals surface area contributed by atoms with Crippen LogP contribution in [0.2, 0.25) is 0 Å². The number of nitrogens with zero attached hydrogens (tertiary/aromatic N) is 1. The van der Waals surface area contributed by atoms with Crippen LogP contribution in [-0.4, -0.2) is 59.5 Å². The first-order valence-corrected chi connectivity index (χ1v) is 8.16. The lowest BCUT2D eigenvalue weighted by atomic mass is 10.00. The van der Waals surface area contributed by atoms with Gasteiger partial charge in [-0.1, -0.05) is 12.1 Å². The molecule has 0 aliphatic heterocycles. The predicted octanol–water partition coefficient (Wildman–Crippen LogP) is 1.70. The van der Waals surface area contributed by atoms with E-state index in [1.54, 1.807) is 59.1 Å². The molecule has 1 rings (SSSR count). The molecule has 0 fully saturated rings. The molecule has 1 aromatic carbocycles. The van der Waals surface area contributed by atoms with Gasteiger partial charge in [0.15, 0.2) is 0 Å². The van der Waals surface area contributed by atoms with E-state index in [1.807, 2.05) is 0 Å². The number of nitrogens with one attached hydrogen (secondary N) is 1. The molecule has 25 heavy (non-hydrogen) atoms. The SMILES string of the molecule is CN(C)C(=O)c1cccc(C(O)C(O)CCNC(=O)OC(C)(C)C)c1. The summed E-state index contributed by atoms with van der Waals surface area (Å²) in [5, 5.41) is 22.9. The highest BCUT2D eigenvalue weighted by Crippen LogP contribution is 2.20. The van der Waals surface area contributed by atoms with Crippen LogP contribution in [-0.2, 0) is 4.74 Å². The Morgan fingerprint density at radius 1 is 1.24 bits per heavy atom. The maximum atomic E-state index is 12.0. The third kappa shape index (κ3) is 7.11. The molecule has 0 radical (unpaired) electrons. The van der Waals surface area contributed by atoms with Crippen LogP contribution in [0.4, 0.5) is 4.79 Å². The Morgan fingerprint density at radius 2 is 1.88 bits per heavy atom. The largest absolute Gasteiger partial charge is 0.444 e. The van der Waals surface area contributed by atoms with E-state index in [2.05, 4.69) is 5.32 Å². The summed E-state index contributed by atoms with van der Waals surface area (Å²) in [7, 11) is 3.28. The van der Waals surface area contributed by atoms with Crippen molar-refractivity contribution >= 4 is 12.0 Å². The Hall–Kier alpha value is -2.12. The highest BCUT2D eigenvalue weighted by molar-refractivity contribution is 5.94. The van der Waals surface area contributed by atoms with Gasteiger partial charge >= 0.3 is 6.09 Å². The van der Waals surface area contributed by atoms with Crippen molar-refractivity contribution in [3.8, 4) is 0 Å². The lowest BCUT2D eigenvalue weighted by molar-refractivity contribution is 0.0122. The zero-order chi connectivity index (χ0) is 19.2. The molecule has 0 aromatic heterocycles. The first kappa shape index (κ1) is 20.9. The molecule has 7 nitrogen and oxygen atoms in total. The number of hydrogen-bond donors (Lipinski definition) is 3. The number of carbonyl (C=O) groups is 2. The van der Waals surface area contributed by atoms with Crippen molar-refractivity contribution in [1.82, 2.24) is 10.2 Å². The second-order valence-corrected chi connectivity index (χ2v) is 7.05. The quantitative estimate of drug-likeness (QED) is 0.724. The molecule has 2 atom stereocenters. The van der Waals surface area contributed by atoms with Gasteiger partial charge in [0.05, 0.1) is 6.10 Å². The van der Waals surface area contributed by atoms with Crippen LogP contribution in [0, 0.1) is 0 Å². The number of carbonyl (C=O) groups excluding carboxylic acids is 2. The topological polar surface area (TPSA) is 99.1 Å². The van der Waals surface area contributed by atoms with Crippen LogP contribution < -0.4 is 5.32 Å². The Labute approximate surface area is 148 Å². The zero-order valence-electron chi connectivity index (χ0n) is 15.4. The van der Waals surface area contributed by atoms with E-state index < -0.39 is 23.9 Å². The molecule has 0 heterocycles. The highest BCUT2D eigenvalue weighted by atomic mass is 16.6. The number of aliphatic hydroxyl groups excluding tert-OH is 2. The van der Waals surface area contributed by atoms with E-state index in [0.717, 1.165) is 0 Å². The minimum atomic E-state index is -1.16. The van der Waals surface area contributed by atoms with E-state index in [-0.39, 0.29) is 18.9 Å². The summed E-state index contributed by atoms with van der Waals surface area (Å²) in [5.74, 6) is -0.185. The second kappa shape index (κ2) is 8.82. The lowest BCUT2D eigenvalue weighted by Crippen LogP contribution is -2.34. The Kier molecular flexibility index (Phi) is 7.38. The molecule has 2 amide bonds. The fourth-order valence-electron chi connectivity index (χ4n) is 2.13. The average molecular weight is 352 g/mol. The number of alkyl carbamates (subject to hydrolysis) is 1. The number of ether oxygens (including phenoxy) is 1. The van der Waals surface area contributed by atoms with E-state index in [0.29, 0.717) is 11.1 Å². The first-order chi connectivity index (χ1) is 11.5. The second-order valence-electron chi connectivity index (χ2n) is 7.05. The Morgan fingerprint density at radius 3 is 2.44 bits per heavy atom. The van der Waals surface area contributed by atoms with Crippen molar-refractivity contribution in [2.24, 2.45) is 0 Å². The van der Waals surface area contributed by atoms with Crippen LogP contribution in [0.1, 0.15) is 49.2 Å². The number of aliphatic hydroxyl groups is 2. The van der Waals surface area contributed by atoms with Gasteiger partial charge in [-0.25, -0.2) is 4.79 Å². The van der Waals surface area contributed by atoms with Crippen molar-refractivity contribution in [2.75, 3.05) is 20.6 Å². The monoisotopic (exact) mass is 352 g/mol. The molecule has 2 unspecified atom stereocenters. The van der Waals surface area contributed by atoms with Crippen molar-refractivity contribution in [1.29, 1.82) is 0 Å². The summed E-state index contributed by atoms with van der Waals surface area (Å²) in [6.45, 7) is 5.43. The van der Waals surface area contributed by atoms with Gasteiger partial charge in [0.2, 0.25) is 0 Å². The van der Waals surface area contributed by atoms with Crippen molar-refractivity contribution in [3.63, 3.8) is 0 Å². The van der Waals surface area contributed by atoms with Crippen LogP contribution >= 0.6 is 0 Å². The van der Waals surface area contributed by atoms with Gasteiger partial charge in [-0.15, -0.1) is 0 Å². The summed E-state index contributed by atoms with van der Waals surface area (Å²) in [4.78, 5) is 25.0. The predicted molar refractivity (Wildman–Crippen MR) is 94.3 cm³/mol. The zero-order valence-corrected chi connectivity index (χ0v) is 15.4. The van der Waals surface area contributed by atoms with E-state index in [9.17, 15) is 19.8 Å². The molecule has 0 aliphatic rings. The van der Waals surface area contributed by atoms with Crippen molar-refractivity contribution < 1.29 is 24.5 Å². The number of hydrogen-bond acceptors (Lipinski definition) is 5. The molecule has 1 aromatic rings. The smallest absolute Gasteiger partial charge is 0.407 e. The molecule has 140 valence electrons. The van der Waals surface area contributed by atoms with Crippen molar-refractivity contribution in [2.45, 2.75) is 45.0 Å². The van der Waals surface area contributed by atoms with Crippen molar-refractivity contribution in [3.05, 3.63) is 35.4 Å². The standard InChI is InChI=1S/C18H28N2O5/c1-18(2,3)25-17(24)19-10-9-14(21)15(22)12-7-6-8-13(11-12)16(23)20(4)5/h6-8,11,14-15,21-22H,9-10H2,1-5H3,(H,19,24). The fraction of sp³-hybridized carbons (Fsp3) is 0.556. The van der Waals surface area contributed by atoms with E-state index in [1.165, 1.54) is 4.90 Å². The van der Waals surface area contributed by atoms with Gasteiger partial charge < -0.3 is 25.2 Å². The molecule has 0 saturated heterocycles. The molecule has 7 heteroatoms. The molecule has 0 aliphatic carbocycles. The maximum absolute atomic E-state index is 12.0. The summed E-state index contributed by atoms with van der Waals surface area (Å²) in [6, 6.07) is 6.50. The van der Waals surface area contributed by atoms with Crippen LogP contribution in [0.3, 0.4) is 0 Å². The lowest BCUT2D eigenvalue weighted by Gasteiger charge is -2.21. The van der Waals surface area contributed by atoms with Gasteiger partial charge in [0.1, 0.15) is 11.7 Å². The van der Waals surface area contributed by atoms with Gasteiger partial charge in [-0.05, 0) is 44.9 Å². The Bertz CT molecular complexity index is 595. The number of rotatable bonds is 6.